The topological polar surface area (TPSA) is 63.4 Å². The quantitative estimate of drug-likeness (QED) is 0.863. The van der Waals surface area contributed by atoms with Crippen molar-refractivity contribution in [2.45, 2.75) is 25.3 Å². The van der Waals surface area contributed by atoms with Crippen molar-refractivity contribution < 1.29 is 8.42 Å². The average molecular weight is 314 g/mol. The number of anilines is 1. The van der Waals surface area contributed by atoms with E-state index in [2.05, 4.69) is 11.8 Å². The Morgan fingerprint density at radius 2 is 2.25 bits per heavy atom. The number of nitrogen functional groups attached to an aromatic ring is 1. The molecule has 0 aromatic heterocycles. The van der Waals surface area contributed by atoms with Crippen LogP contribution in [0.15, 0.2) is 24.3 Å². The Balaban J connectivity index is 2.28. The van der Waals surface area contributed by atoms with Crippen LogP contribution in [-0.2, 0) is 9.84 Å². The summed E-state index contributed by atoms with van der Waals surface area (Å²) < 4.78 is 24.6. The predicted octanol–water partition coefficient (Wildman–Crippen LogP) is 2.14. The summed E-state index contributed by atoms with van der Waals surface area (Å²) in [5.41, 5.74) is 7.63. The maximum absolute atomic E-state index is 12.3. The minimum Gasteiger partial charge on any atom is -0.399 e. The van der Waals surface area contributed by atoms with E-state index in [0.29, 0.717) is 5.75 Å². The van der Waals surface area contributed by atoms with Crippen LogP contribution in [0.1, 0.15) is 25.5 Å². The normalized spacial score (nSPS) is 22.6. The van der Waals surface area contributed by atoms with Crippen LogP contribution in [0, 0.1) is 0 Å². The fourth-order valence-electron chi connectivity index (χ4n) is 2.55. The molecule has 4 nitrogen and oxygen atoms in total. The Morgan fingerprint density at radius 1 is 1.50 bits per heavy atom. The van der Waals surface area contributed by atoms with Crippen LogP contribution in [0.3, 0.4) is 0 Å². The zero-order valence-corrected chi connectivity index (χ0v) is 13.6. The van der Waals surface area contributed by atoms with E-state index in [0.717, 1.165) is 23.5 Å². The fourth-order valence-corrected chi connectivity index (χ4v) is 5.65. The Labute approximate surface area is 125 Å². The molecule has 0 radical (unpaired) electrons. The Hall–Kier alpha value is -0.720. The first kappa shape index (κ1) is 15.7. The summed E-state index contributed by atoms with van der Waals surface area (Å²) in [6, 6.07) is 7.78. The molecule has 0 bridgehead atoms. The standard InChI is InChI=1S/C14H22N2O2S2/c1-3-20(17,18)14-10-19-8-7-16(14)11(2)12-5-4-6-13(15)9-12/h4-6,9,11,14H,3,7-8,10,15H2,1-2H3. The van der Waals surface area contributed by atoms with Crippen LogP contribution in [0.4, 0.5) is 5.69 Å². The zero-order valence-electron chi connectivity index (χ0n) is 12.0. The maximum Gasteiger partial charge on any atom is 0.166 e. The minimum absolute atomic E-state index is 0.0609. The van der Waals surface area contributed by atoms with Crippen LogP contribution in [-0.4, -0.2) is 42.5 Å². The van der Waals surface area contributed by atoms with Crippen molar-refractivity contribution in [3.8, 4) is 0 Å². The molecular weight excluding hydrogens is 292 g/mol. The molecule has 2 unspecified atom stereocenters. The monoisotopic (exact) mass is 314 g/mol. The second kappa shape index (κ2) is 6.37. The number of thioether (sulfide) groups is 1. The van der Waals surface area contributed by atoms with Gasteiger partial charge in [0.1, 0.15) is 5.37 Å². The van der Waals surface area contributed by atoms with Crippen molar-refractivity contribution in [2.75, 3.05) is 29.5 Å². The van der Waals surface area contributed by atoms with Gasteiger partial charge >= 0.3 is 0 Å². The van der Waals surface area contributed by atoms with Gasteiger partial charge in [0.15, 0.2) is 9.84 Å². The Bertz CT molecular complexity index is 560. The molecule has 112 valence electrons. The van der Waals surface area contributed by atoms with Gasteiger partial charge in [-0.15, -0.1) is 0 Å². The predicted molar refractivity (Wildman–Crippen MR) is 86.5 cm³/mol. The van der Waals surface area contributed by atoms with Crippen molar-refractivity contribution in [1.82, 2.24) is 4.90 Å². The highest BCUT2D eigenvalue weighted by molar-refractivity contribution is 8.01. The van der Waals surface area contributed by atoms with E-state index in [1.165, 1.54) is 0 Å². The highest BCUT2D eigenvalue weighted by Gasteiger charge is 2.35. The lowest BCUT2D eigenvalue weighted by Crippen LogP contribution is -2.48. The van der Waals surface area contributed by atoms with Gasteiger partial charge in [-0.2, -0.15) is 11.8 Å². The molecule has 2 atom stereocenters. The third kappa shape index (κ3) is 3.30. The second-order valence-electron chi connectivity index (χ2n) is 5.07. The van der Waals surface area contributed by atoms with E-state index in [1.54, 1.807) is 18.7 Å². The van der Waals surface area contributed by atoms with E-state index in [-0.39, 0.29) is 17.2 Å². The molecule has 6 heteroatoms. The molecule has 0 aliphatic carbocycles. The van der Waals surface area contributed by atoms with Crippen LogP contribution in [0.25, 0.3) is 0 Å². The first-order valence-electron chi connectivity index (χ1n) is 6.86. The summed E-state index contributed by atoms with van der Waals surface area (Å²) in [6.45, 7) is 4.57. The third-order valence-electron chi connectivity index (χ3n) is 3.83. The molecule has 0 amide bonds. The molecule has 2 rings (SSSR count). The summed E-state index contributed by atoms with van der Waals surface area (Å²) >= 11 is 1.72. The van der Waals surface area contributed by atoms with Crippen LogP contribution in [0.2, 0.25) is 0 Å². The molecule has 1 aliphatic heterocycles. The number of rotatable bonds is 4. The number of hydrogen-bond acceptors (Lipinski definition) is 5. The van der Waals surface area contributed by atoms with Crippen molar-refractivity contribution in [3.05, 3.63) is 29.8 Å². The van der Waals surface area contributed by atoms with Crippen LogP contribution >= 0.6 is 11.8 Å². The summed E-state index contributed by atoms with van der Waals surface area (Å²) in [6.07, 6.45) is 0. The largest absolute Gasteiger partial charge is 0.399 e. The van der Waals surface area contributed by atoms with Gasteiger partial charge in [0.25, 0.3) is 0 Å². The highest BCUT2D eigenvalue weighted by atomic mass is 32.2. The van der Waals surface area contributed by atoms with Crippen molar-refractivity contribution in [3.63, 3.8) is 0 Å². The lowest BCUT2D eigenvalue weighted by atomic mass is 10.1. The Morgan fingerprint density at radius 3 is 2.90 bits per heavy atom. The second-order valence-corrected chi connectivity index (χ2v) is 8.66. The molecule has 1 heterocycles. The maximum atomic E-state index is 12.3. The summed E-state index contributed by atoms with van der Waals surface area (Å²) in [5.74, 6) is 1.82. The first-order chi connectivity index (χ1) is 9.45. The molecule has 1 aromatic carbocycles. The van der Waals surface area contributed by atoms with E-state index in [1.807, 2.05) is 24.3 Å². The molecular formula is C14H22N2O2S2. The molecule has 1 fully saturated rings. The van der Waals surface area contributed by atoms with Gasteiger partial charge in [0.05, 0.1) is 0 Å². The molecule has 20 heavy (non-hydrogen) atoms. The number of sulfone groups is 1. The number of hydrogen-bond donors (Lipinski definition) is 1. The molecule has 2 N–H and O–H groups in total. The van der Waals surface area contributed by atoms with E-state index < -0.39 is 9.84 Å². The molecule has 0 saturated carbocycles. The van der Waals surface area contributed by atoms with Gasteiger partial charge in [0.2, 0.25) is 0 Å². The number of benzene rings is 1. The van der Waals surface area contributed by atoms with Crippen molar-refractivity contribution >= 4 is 27.3 Å². The first-order valence-corrected chi connectivity index (χ1v) is 9.73. The lowest BCUT2D eigenvalue weighted by Gasteiger charge is -2.39. The van der Waals surface area contributed by atoms with Gasteiger partial charge in [-0.05, 0) is 24.6 Å². The van der Waals surface area contributed by atoms with Crippen LogP contribution < -0.4 is 5.73 Å². The lowest BCUT2D eigenvalue weighted by molar-refractivity contribution is 0.206. The van der Waals surface area contributed by atoms with Crippen molar-refractivity contribution in [1.29, 1.82) is 0 Å². The highest BCUT2D eigenvalue weighted by Crippen LogP contribution is 2.30. The van der Waals surface area contributed by atoms with E-state index in [4.69, 9.17) is 5.73 Å². The Kier molecular flexibility index (Phi) is 4.99. The SMILES string of the molecule is CCS(=O)(=O)C1CSCCN1C(C)c1cccc(N)c1. The number of nitrogens with two attached hydrogens (primary N) is 1. The minimum atomic E-state index is -3.06. The van der Waals surface area contributed by atoms with Gasteiger partial charge in [-0.1, -0.05) is 19.1 Å². The van der Waals surface area contributed by atoms with Crippen LogP contribution in [0.5, 0.6) is 0 Å². The van der Waals surface area contributed by atoms with Crippen molar-refractivity contribution in [2.24, 2.45) is 0 Å². The smallest absolute Gasteiger partial charge is 0.166 e. The van der Waals surface area contributed by atoms with E-state index >= 15 is 0 Å². The summed E-state index contributed by atoms with van der Waals surface area (Å²) in [7, 11) is -3.06. The number of nitrogens with zero attached hydrogens (tertiary/aromatic N) is 1. The third-order valence-corrected chi connectivity index (χ3v) is 7.14. The molecule has 1 aromatic rings. The average Bonchev–Trinajstić information content (AvgIpc) is 2.46. The zero-order chi connectivity index (χ0) is 14.8. The van der Waals surface area contributed by atoms with E-state index in [9.17, 15) is 8.42 Å². The fraction of sp³-hybridized carbons (Fsp3) is 0.571. The van der Waals surface area contributed by atoms with Gasteiger partial charge in [-0.25, -0.2) is 8.42 Å². The van der Waals surface area contributed by atoms with Gasteiger partial charge in [0, 0.05) is 35.5 Å². The van der Waals surface area contributed by atoms with Gasteiger partial charge in [-0.3, -0.25) is 4.90 Å². The molecule has 1 aliphatic rings. The summed E-state index contributed by atoms with van der Waals surface area (Å²) in [5, 5.41) is -0.386. The summed E-state index contributed by atoms with van der Waals surface area (Å²) in [4.78, 5) is 2.10. The molecule has 1 saturated heterocycles. The molecule has 0 spiro atoms. The van der Waals surface area contributed by atoms with Gasteiger partial charge < -0.3 is 5.73 Å².